The highest BCUT2D eigenvalue weighted by atomic mass is 16.2. The molecule has 3 heterocycles. The Morgan fingerprint density at radius 1 is 1.19 bits per heavy atom. The van der Waals surface area contributed by atoms with Gasteiger partial charge in [-0.15, -0.1) is 0 Å². The normalized spacial score (nSPS) is 14.8. The Bertz CT molecular complexity index is 1130. The lowest BCUT2D eigenvalue weighted by atomic mass is 9.96. The van der Waals surface area contributed by atoms with E-state index in [0.29, 0.717) is 31.7 Å². The van der Waals surface area contributed by atoms with Crippen LogP contribution in [-0.2, 0) is 11.3 Å². The number of likely N-dealkylation sites (tertiary alicyclic amines) is 1. The van der Waals surface area contributed by atoms with Crippen LogP contribution in [0.4, 0.5) is 0 Å². The summed E-state index contributed by atoms with van der Waals surface area (Å²) < 4.78 is 3.95. The van der Waals surface area contributed by atoms with Gasteiger partial charge in [0.25, 0.3) is 5.91 Å². The van der Waals surface area contributed by atoms with Crippen LogP contribution in [0.15, 0.2) is 42.7 Å². The molecule has 3 aromatic rings. The fourth-order valence-corrected chi connectivity index (χ4v) is 4.17. The minimum absolute atomic E-state index is 0.00948. The molecule has 1 N–H and O–H groups in total. The molecule has 2 aromatic heterocycles. The van der Waals surface area contributed by atoms with E-state index in [0.717, 1.165) is 22.8 Å². The van der Waals surface area contributed by atoms with Crippen molar-refractivity contribution in [1.82, 2.24) is 29.5 Å². The van der Waals surface area contributed by atoms with Gasteiger partial charge >= 0.3 is 0 Å². The maximum atomic E-state index is 13.1. The maximum absolute atomic E-state index is 13.1. The Morgan fingerprint density at radius 2 is 1.94 bits per heavy atom. The molecule has 32 heavy (non-hydrogen) atoms. The third kappa shape index (κ3) is 4.44. The molecule has 1 aliphatic heterocycles. The Balaban J connectivity index is 1.32. The van der Waals surface area contributed by atoms with Gasteiger partial charge in [-0.1, -0.05) is 18.2 Å². The van der Waals surface area contributed by atoms with E-state index >= 15 is 0 Å². The molecule has 2 amide bonds. The first-order chi connectivity index (χ1) is 15.3. The summed E-state index contributed by atoms with van der Waals surface area (Å²) in [5.74, 6) is 0.695. The van der Waals surface area contributed by atoms with Crippen molar-refractivity contribution in [3.05, 3.63) is 71.1 Å². The zero-order valence-electron chi connectivity index (χ0n) is 19.1. The van der Waals surface area contributed by atoms with Gasteiger partial charge in [0.2, 0.25) is 5.91 Å². The monoisotopic (exact) mass is 434 g/mol. The van der Waals surface area contributed by atoms with Crippen LogP contribution in [0.2, 0.25) is 0 Å². The number of aromatic nitrogens is 4. The lowest BCUT2D eigenvalue weighted by Crippen LogP contribution is -2.56. The molecule has 0 spiro atoms. The van der Waals surface area contributed by atoms with E-state index in [1.807, 2.05) is 73.5 Å². The summed E-state index contributed by atoms with van der Waals surface area (Å²) in [6, 6.07) is 9.74. The van der Waals surface area contributed by atoms with E-state index in [2.05, 4.69) is 15.4 Å². The predicted octanol–water partition coefficient (Wildman–Crippen LogP) is 2.50. The van der Waals surface area contributed by atoms with Gasteiger partial charge in [-0.25, -0.2) is 4.98 Å². The first-order valence-corrected chi connectivity index (χ1v) is 11.0. The number of nitrogens with one attached hydrogen (secondary N) is 1. The van der Waals surface area contributed by atoms with Crippen molar-refractivity contribution in [2.75, 3.05) is 19.6 Å². The Morgan fingerprint density at radius 3 is 2.59 bits per heavy atom. The van der Waals surface area contributed by atoms with Gasteiger partial charge in [0, 0.05) is 49.8 Å². The average molecular weight is 435 g/mol. The van der Waals surface area contributed by atoms with Crippen LogP contribution in [0.5, 0.6) is 0 Å². The number of benzene rings is 1. The summed E-state index contributed by atoms with van der Waals surface area (Å²) in [5, 5.41) is 7.50. The molecule has 168 valence electrons. The number of carbonyl (C=O) groups is 2. The van der Waals surface area contributed by atoms with E-state index in [-0.39, 0.29) is 23.8 Å². The van der Waals surface area contributed by atoms with Crippen LogP contribution < -0.4 is 5.32 Å². The molecule has 0 radical (unpaired) electrons. The summed E-state index contributed by atoms with van der Waals surface area (Å²) in [6.07, 6.45) is 3.67. The van der Waals surface area contributed by atoms with Gasteiger partial charge in [-0.2, -0.15) is 5.10 Å². The van der Waals surface area contributed by atoms with E-state index < -0.39 is 0 Å². The molecule has 1 atom stereocenters. The van der Waals surface area contributed by atoms with E-state index in [4.69, 9.17) is 0 Å². The summed E-state index contributed by atoms with van der Waals surface area (Å²) in [6.45, 7) is 9.94. The molecule has 1 saturated heterocycles. The lowest BCUT2D eigenvalue weighted by Gasteiger charge is -2.38. The summed E-state index contributed by atoms with van der Waals surface area (Å²) >= 11 is 0. The SMILES string of the molecule is Cc1cc(C)n(C(C)CNC(=O)C2CN(C(=O)c3ccccc3Cn3ccnc3C)C2)n1. The molecule has 1 fully saturated rings. The van der Waals surface area contributed by atoms with Crippen molar-refractivity contribution >= 4 is 11.8 Å². The maximum Gasteiger partial charge on any atom is 0.254 e. The topological polar surface area (TPSA) is 85.0 Å². The second-order valence-corrected chi connectivity index (χ2v) is 8.63. The van der Waals surface area contributed by atoms with Gasteiger partial charge in [0.1, 0.15) is 5.82 Å². The van der Waals surface area contributed by atoms with Crippen molar-refractivity contribution in [3.63, 3.8) is 0 Å². The Labute approximate surface area is 188 Å². The van der Waals surface area contributed by atoms with Crippen LogP contribution >= 0.6 is 0 Å². The van der Waals surface area contributed by atoms with Crippen LogP contribution in [0.1, 0.15) is 46.1 Å². The van der Waals surface area contributed by atoms with Gasteiger partial charge in [-0.3, -0.25) is 14.3 Å². The fourth-order valence-electron chi connectivity index (χ4n) is 4.17. The molecule has 8 heteroatoms. The summed E-state index contributed by atoms with van der Waals surface area (Å²) in [4.78, 5) is 31.7. The molecule has 1 aliphatic rings. The van der Waals surface area contributed by atoms with Crippen molar-refractivity contribution in [2.45, 2.75) is 40.3 Å². The highest BCUT2D eigenvalue weighted by molar-refractivity contribution is 5.97. The quantitative estimate of drug-likeness (QED) is 0.619. The number of aryl methyl sites for hydroxylation is 3. The number of carbonyl (C=O) groups excluding carboxylic acids is 2. The molecular formula is C24H30N6O2. The third-order valence-corrected chi connectivity index (χ3v) is 6.09. The smallest absolute Gasteiger partial charge is 0.254 e. The minimum Gasteiger partial charge on any atom is -0.354 e. The molecule has 0 saturated carbocycles. The van der Waals surface area contributed by atoms with Gasteiger partial charge in [0.05, 0.1) is 17.7 Å². The summed E-state index contributed by atoms with van der Waals surface area (Å²) in [5.41, 5.74) is 3.68. The second-order valence-electron chi connectivity index (χ2n) is 8.63. The van der Waals surface area contributed by atoms with Crippen molar-refractivity contribution in [1.29, 1.82) is 0 Å². The first-order valence-electron chi connectivity index (χ1n) is 11.0. The largest absolute Gasteiger partial charge is 0.354 e. The van der Waals surface area contributed by atoms with E-state index in [9.17, 15) is 9.59 Å². The standard InChI is InChI=1S/C24H30N6O2/c1-16-11-17(2)30(27-16)18(3)12-26-23(31)21-14-29(15-21)24(32)22-8-6-5-7-20(22)13-28-10-9-25-19(28)4/h5-11,18,21H,12-15H2,1-4H3,(H,26,31). The van der Waals surface area contributed by atoms with Crippen molar-refractivity contribution in [3.8, 4) is 0 Å². The summed E-state index contributed by atoms with van der Waals surface area (Å²) in [7, 11) is 0. The molecule has 1 aromatic carbocycles. The molecular weight excluding hydrogens is 404 g/mol. The molecule has 1 unspecified atom stereocenters. The lowest BCUT2D eigenvalue weighted by molar-refractivity contribution is -0.129. The highest BCUT2D eigenvalue weighted by Crippen LogP contribution is 2.22. The predicted molar refractivity (Wildman–Crippen MR) is 121 cm³/mol. The number of nitrogens with zero attached hydrogens (tertiary/aromatic N) is 5. The van der Waals surface area contributed by atoms with Crippen molar-refractivity contribution < 1.29 is 9.59 Å². The minimum atomic E-state index is -0.172. The first kappa shape index (κ1) is 21.8. The van der Waals surface area contributed by atoms with E-state index in [1.54, 1.807) is 11.1 Å². The molecule has 0 aliphatic carbocycles. The zero-order valence-corrected chi connectivity index (χ0v) is 19.1. The fraction of sp³-hybridized carbons (Fsp3) is 0.417. The highest BCUT2D eigenvalue weighted by Gasteiger charge is 2.36. The van der Waals surface area contributed by atoms with Crippen LogP contribution in [0, 0.1) is 26.7 Å². The van der Waals surface area contributed by atoms with Crippen LogP contribution in [0.3, 0.4) is 0 Å². The van der Waals surface area contributed by atoms with Gasteiger partial charge in [0.15, 0.2) is 0 Å². The van der Waals surface area contributed by atoms with E-state index in [1.165, 1.54) is 0 Å². The number of imidazole rings is 1. The number of hydrogen-bond donors (Lipinski definition) is 1. The molecule has 4 rings (SSSR count). The molecule has 0 bridgehead atoms. The van der Waals surface area contributed by atoms with Gasteiger partial charge in [-0.05, 0) is 45.4 Å². The Kier molecular flexibility index (Phi) is 6.12. The van der Waals surface area contributed by atoms with Gasteiger partial charge < -0.3 is 14.8 Å². The van der Waals surface area contributed by atoms with Crippen LogP contribution in [0.25, 0.3) is 0 Å². The van der Waals surface area contributed by atoms with Crippen molar-refractivity contribution in [2.24, 2.45) is 5.92 Å². The van der Waals surface area contributed by atoms with Crippen LogP contribution in [-0.4, -0.2) is 55.7 Å². The zero-order chi connectivity index (χ0) is 22.8. The number of amides is 2. The third-order valence-electron chi connectivity index (χ3n) is 6.09. The molecule has 8 nitrogen and oxygen atoms in total. The number of rotatable bonds is 7. The number of hydrogen-bond acceptors (Lipinski definition) is 4. The average Bonchev–Trinajstić information content (AvgIpc) is 3.29. The second kappa shape index (κ2) is 8.98. The Hall–Kier alpha value is -3.42.